The second-order valence-corrected chi connectivity index (χ2v) is 10.8. The zero-order chi connectivity index (χ0) is 26.9. The lowest BCUT2D eigenvalue weighted by molar-refractivity contribution is -0.114. The lowest BCUT2D eigenvalue weighted by Gasteiger charge is -2.27. The Labute approximate surface area is 224 Å². The summed E-state index contributed by atoms with van der Waals surface area (Å²) in [7, 11) is -4.09. The molecule has 0 aromatic heterocycles. The van der Waals surface area contributed by atoms with E-state index in [4.69, 9.17) is 14.3 Å². The van der Waals surface area contributed by atoms with Gasteiger partial charge in [-0.15, -0.1) is 0 Å². The van der Waals surface area contributed by atoms with Gasteiger partial charge in [-0.25, -0.2) is 0 Å². The number of nitrogens with one attached hydrogen (secondary N) is 1. The molecule has 2 aliphatic rings. The molecule has 0 saturated carbocycles. The Bertz CT molecular complexity index is 1630. The van der Waals surface area contributed by atoms with Gasteiger partial charge in [0.05, 0.1) is 17.9 Å². The Kier molecular flexibility index (Phi) is 6.92. The Morgan fingerprint density at radius 3 is 2.47 bits per heavy atom. The molecule has 2 aliphatic heterocycles. The molecule has 1 amide bonds. The van der Waals surface area contributed by atoms with Crippen LogP contribution in [-0.2, 0) is 14.9 Å². The molecule has 0 saturated heterocycles. The van der Waals surface area contributed by atoms with Crippen LogP contribution in [0.25, 0.3) is 11.8 Å². The van der Waals surface area contributed by atoms with Gasteiger partial charge in [-0.2, -0.15) is 13.4 Å². The number of thioether (sulfide) groups is 1. The van der Waals surface area contributed by atoms with Crippen LogP contribution in [0.15, 0.2) is 93.7 Å². The summed E-state index contributed by atoms with van der Waals surface area (Å²) < 4.78 is 36.7. The number of hydrogen-bond donors (Lipinski definition) is 1. The second kappa shape index (κ2) is 10.3. The van der Waals surface area contributed by atoms with Crippen LogP contribution in [0.1, 0.15) is 23.6 Å². The van der Waals surface area contributed by atoms with Gasteiger partial charge >= 0.3 is 10.1 Å². The molecule has 192 valence electrons. The van der Waals surface area contributed by atoms with Crippen LogP contribution in [0.5, 0.6) is 11.5 Å². The minimum atomic E-state index is -4.09. The molecular formula is C28H23N3O5S2. The summed E-state index contributed by atoms with van der Waals surface area (Å²) in [5.74, 6) is -0.319. The standard InChI is InChI=1S/C28H23N3O5S2/c1-3-35-25-16-19(11-14-24(25)36-38(33,34)21-12-9-18(2)10-13-21)15-22-26(29)31-23(20-7-5-4-6-8-20)17-37-28(31)30-27(22)32/h4-17,29H,3H2,1-2H3. The fourth-order valence-corrected chi connectivity index (χ4v) is 5.73. The van der Waals surface area contributed by atoms with Crippen molar-refractivity contribution in [3.8, 4) is 11.5 Å². The fourth-order valence-electron chi connectivity index (χ4n) is 3.90. The molecule has 3 aromatic carbocycles. The third kappa shape index (κ3) is 5.00. The molecule has 0 aliphatic carbocycles. The highest BCUT2D eigenvalue weighted by Crippen LogP contribution is 2.38. The van der Waals surface area contributed by atoms with Gasteiger partial charge in [0.15, 0.2) is 16.7 Å². The molecule has 38 heavy (non-hydrogen) atoms. The summed E-state index contributed by atoms with van der Waals surface area (Å²) in [6.45, 7) is 3.89. The van der Waals surface area contributed by atoms with E-state index in [0.717, 1.165) is 16.8 Å². The molecule has 3 aromatic rings. The largest absolute Gasteiger partial charge is 0.490 e. The van der Waals surface area contributed by atoms with Crippen molar-refractivity contribution in [2.24, 2.45) is 4.99 Å². The molecule has 0 atom stereocenters. The van der Waals surface area contributed by atoms with Crippen molar-refractivity contribution < 1.29 is 22.1 Å². The number of benzene rings is 3. The van der Waals surface area contributed by atoms with E-state index in [9.17, 15) is 13.2 Å². The van der Waals surface area contributed by atoms with Crippen molar-refractivity contribution in [1.82, 2.24) is 4.90 Å². The first-order valence-electron chi connectivity index (χ1n) is 11.7. The van der Waals surface area contributed by atoms with Crippen LogP contribution >= 0.6 is 11.8 Å². The van der Waals surface area contributed by atoms with Crippen LogP contribution in [0.4, 0.5) is 0 Å². The minimum absolute atomic E-state index is 0.000313. The van der Waals surface area contributed by atoms with E-state index >= 15 is 0 Å². The van der Waals surface area contributed by atoms with E-state index in [-0.39, 0.29) is 34.4 Å². The highest BCUT2D eigenvalue weighted by molar-refractivity contribution is 8.17. The van der Waals surface area contributed by atoms with Crippen LogP contribution < -0.4 is 8.92 Å². The van der Waals surface area contributed by atoms with Crippen LogP contribution in [-0.4, -0.2) is 36.8 Å². The highest BCUT2D eigenvalue weighted by atomic mass is 32.2. The predicted molar refractivity (Wildman–Crippen MR) is 149 cm³/mol. The number of ether oxygens (including phenoxy) is 1. The lowest BCUT2D eigenvalue weighted by atomic mass is 10.1. The summed E-state index contributed by atoms with van der Waals surface area (Å²) in [6, 6.07) is 20.6. The van der Waals surface area contributed by atoms with Crippen molar-refractivity contribution in [2.75, 3.05) is 6.61 Å². The Morgan fingerprint density at radius 1 is 1.03 bits per heavy atom. The van der Waals surface area contributed by atoms with E-state index in [0.29, 0.717) is 10.7 Å². The van der Waals surface area contributed by atoms with Crippen molar-refractivity contribution >= 4 is 50.6 Å². The second-order valence-electron chi connectivity index (χ2n) is 8.42. The molecule has 0 unspecified atom stereocenters. The topological polar surface area (TPSA) is 109 Å². The summed E-state index contributed by atoms with van der Waals surface area (Å²) in [5.41, 5.74) is 3.21. The molecular weight excluding hydrogens is 522 g/mol. The maximum Gasteiger partial charge on any atom is 0.339 e. The summed E-state index contributed by atoms with van der Waals surface area (Å²) in [4.78, 5) is 18.7. The van der Waals surface area contributed by atoms with E-state index < -0.39 is 16.0 Å². The Balaban J connectivity index is 1.46. The molecule has 1 N–H and O–H groups in total. The zero-order valence-corrected chi connectivity index (χ0v) is 22.2. The zero-order valence-electron chi connectivity index (χ0n) is 20.5. The smallest absolute Gasteiger partial charge is 0.339 e. The monoisotopic (exact) mass is 545 g/mol. The van der Waals surface area contributed by atoms with E-state index in [1.165, 1.54) is 36.0 Å². The number of hydrogen-bond acceptors (Lipinski definition) is 7. The average molecular weight is 546 g/mol. The highest BCUT2D eigenvalue weighted by Gasteiger charge is 2.36. The van der Waals surface area contributed by atoms with Crippen LogP contribution in [0, 0.1) is 12.3 Å². The number of fused-ring (bicyclic) bond motifs is 1. The van der Waals surface area contributed by atoms with Gasteiger partial charge in [0.1, 0.15) is 10.7 Å². The maximum absolute atomic E-state index is 12.8. The van der Waals surface area contributed by atoms with E-state index in [1.54, 1.807) is 36.1 Å². The number of carbonyl (C=O) groups excluding carboxylic acids is 1. The fraction of sp³-hybridized carbons (Fsp3) is 0.107. The van der Waals surface area contributed by atoms with Crippen molar-refractivity contribution in [1.29, 1.82) is 5.41 Å². The number of amidine groups is 2. The quantitative estimate of drug-likeness (QED) is 0.310. The summed E-state index contributed by atoms with van der Waals surface area (Å²) in [5, 5.41) is 11.1. The van der Waals surface area contributed by atoms with Gasteiger partial charge < -0.3 is 8.92 Å². The third-order valence-electron chi connectivity index (χ3n) is 5.77. The average Bonchev–Trinajstić information content (AvgIpc) is 3.33. The third-order valence-corrected chi connectivity index (χ3v) is 7.85. The number of carbonyl (C=O) groups is 1. The normalized spacial score (nSPS) is 16.3. The molecule has 0 bridgehead atoms. The Morgan fingerprint density at radius 2 is 1.76 bits per heavy atom. The molecule has 5 rings (SSSR count). The molecule has 10 heteroatoms. The van der Waals surface area contributed by atoms with Gasteiger partial charge in [0.2, 0.25) is 0 Å². The first kappa shape index (κ1) is 25.5. The van der Waals surface area contributed by atoms with Gasteiger partial charge in [0.25, 0.3) is 5.91 Å². The molecule has 2 heterocycles. The van der Waals surface area contributed by atoms with E-state index in [2.05, 4.69) is 4.99 Å². The van der Waals surface area contributed by atoms with Crippen LogP contribution in [0.3, 0.4) is 0 Å². The van der Waals surface area contributed by atoms with Crippen molar-refractivity contribution in [2.45, 2.75) is 18.7 Å². The number of amides is 1. The number of rotatable bonds is 7. The summed E-state index contributed by atoms with van der Waals surface area (Å²) >= 11 is 1.29. The maximum atomic E-state index is 12.8. The predicted octanol–water partition coefficient (Wildman–Crippen LogP) is 5.47. The first-order valence-corrected chi connectivity index (χ1v) is 14.0. The molecule has 0 radical (unpaired) electrons. The number of aliphatic imine (C=N–C) groups is 1. The van der Waals surface area contributed by atoms with Crippen molar-refractivity contribution in [3.05, 3.63) is 100 Å². The Hall–Kier alpha value is -4.15. The molecule has 8 nitrogen and oxygen atoms in total. The van der Waals surface area contributed by atoms with Crippen LogP contribution in [0.2, 0.25) is 0 Å². The number of aryl methyl sites for hydroxylation is 1. The molecule has 0 fully saturated rings. The van der Waals surface area contributed by atoms with Gasteiger partial charge in [-0.05, 0) is 55.3 Å². The van der Waals surface area contributed by atoms with Gasteiger partial charge in [0, 0.05) is 5.41 Å². The van der Waals surface area contributed by atoms with Gasteiger partial charge in [-0.1, -0.05) is 65.9 Å². The number of nitrogens with zero attached hydrogens (tertiary/aromatic N) is 2. The summed E-state index contributed by atoms with van der Waals surface area (Å²) in [6.07, 6.45) is 1.54. The SMILES string of the molecule is CCOc1cc(C=C2C(=N)N3C(c4ccccc4)=CSC3=NC2=O)ccc1OS(=O)(=O)c1ccc(C)cc1. The first-order chi connectivity index (χ1) is 18.3. The minimum Gasteiger partial charge on any atom is -0.490 e. The lowest BCUT2D eigenvalue weighted by Crippen LogP contribution is -2.38. The van der Waals surface area contributed by atoms with E-state index in [1.807, 2.05) is 42.7 Å². The van der Waals surface area contributed by atoms with Crippen molar-refractivity contribution in [3.63, 3.8) is 0 Å². The molecule has 0 spiro atoms. The van der Waals surface area contributed by atoms with Gasteiger partial charge in [-0.3, -0.25) is 15.1 Å².